The first-order valence-electron chi connectivity index (χ1n) is 4.40. The highest BCUT2D eigenvalue weighted by Gasteiger charge is 2.20. The van der Waals surface area contributed by atoms with Gasteiger partial charge in [-0.3, -0.25) is 4.57 Å². The van der Waals surface area contributed by atoms with E-state index in [1.54, 1.807) is 0 Å². The van der Waals surface area contributed by atoms with E-state index in [2.05, 4.69) is 27.6 Å². The van der Waals surface area contributed by atoms with Crippen LogP contribution in [0.3, 0.4) is 0 Å². The Morgan fingerprint density at radius 1 is 1.38 bits per heavy atom. The van der Waals surface area contributed by atoms with E-state index < -0.39 is 12.3 Å². The molecule has 0 fully saturated rings. The molecule has 8 heteroatoms. The molecule has 0 aromatic carbocycles. The van der Waals surface area contributed by atoms with Gasteiger partial charge in [-0.05, 0) is 0 Å². The predicted octanol–water partition coefficient (Wildman–Crippen LogP) is -0.0277. The van der Waals surface area contributed by atoms with Crippen LogP contribution in [0.15, 0.2) is 5.16 Å². The van der Waals surface area contributed by atoms with E-state index in [1.165, 1.54) is 25.9 Å². The van der Waals surface area contributed by atoms with Crippen molar-refractivity contribution in [3.05, 3.63) is 5.82 Å². The van der Waals surface area contributed by atoms with Gasteiger partial charge < -0.3 is 14.2 Å². The molecule has 0 aliphatic rings. The van der Waals surface area contributed by atoms with Gasteiger partial charge in [0.15, 0.2) is 11.4 Å². The minimum atomic E-state index is -0.584. The van der Waals surface area contributed by atoms with Crippen molar-refractivity contribution in [1.82, 2.24) is 14.8 Å². The topological polar surface area (TPSA) is 75.5 Å². The summed E-state index contributed by atoms with van der Waals surface area (Å²) in [7, 11) is 4.26. The van der Waals surface area contributed by atoms with Gasteiger partial charge in [-0.25, -0.2) is 4.79 Å². The summed E-state index contributed by atoms with van der Waals surface area (Å²) in [5, 5.41) is 7.62. The fourth-order valence-corrected chi connectivity index (χ4v) is 1.32. The van der Waals surface area contributed by atoms with Crippen molar-refractivity contribution in [2.24, 2.45) is 0 Å². The number of methoxy groups -OCH3 is 3. The summed E-state index contributed by atoms with van der Waals surface area (Å²) in [6.07, 6.45) is -0.509. The Kier molecular flexibility index (Phi) is 4.71. The van der Waals surface area contributed by atoms with Gasteiger partial charge in [-0.15, -0.1) is 22.8 Å². The van der Waals surface area contributed by atoms with Gasteiger partial charge in [0.05, 0.1) is 13.7 Å². The molecule has 0 bridgehead atoms. The molecule has 1 aromatic rings. The van der Waals surface area contributed by atoms with Crippen molar-refractivity contribution in [2.75, 3.05) is 21.3 Å². The van der Waals surface area contributed by atoms with Gasteiger partial charge in [-0.2, -0.15) is 0 Å². The number of esters is 1. The molecule has 90 valence electrons. The Morgan fingerprint density at radius 2 is 2.00 bits per heavy atom. The van der Waals surface area contributed by atoms with Crippen LogP contribution in [0.5, 0.6) is 0 Å². The summed E-state index contributed by atoms with van der Waals surface area (Å²) in [5.74, 6) is -0.523. The molecule has 0 saturated heterocycles. The third-order valence-corrected chi connectivity index (χ3v) is 2.29. The lowest BCUT2D eigenvalue weighted by molar-refractivity contribution is -0.112. The standard InChI is InChI=1S/C8H13N3O4S/c1-13-5(14-2)4-11-6(7(12)15-3)9-10-8(11)16/h5H,4H2,1-3H3,(H,10,16). The second kappa shape index (κ2) is 5.83. The van der Waals surface area contributed by atoms with Crippen molar-refractivity contribution in [3.63, 3.8) is 0 Å². The van der Waals surface area contributed by atoms with E-state index in [4.69, 9.17) is 9.47 Å². The number of carbonyl (C=O) groups excluding carboxylic acids is 1. The molecular formula is C8H13N3O4S. The highest BCUT2D eigenvalue weighted by atomic mass is 32.1. The average molecular weight is 247 g/mol. The number of aromatic nitrogens is 3. The van der Waals surface area contributed by atoms with Crippen LogP contribution < -0.4 is 0 Å². The van der Waals surface area contributed by atoms with Crippen LogP contribution in [-0.2, 0) is 20.8 Å². The van der Waals surface area contributed by atoms with E-state index in [-0.39, 0.29) is 12.4 Å². The second-order valence-corrected chi connectivity index (χ2v) is 3.23. The number of hydrogen-bond donors (Lipinski definition) is 1. The van der Waals surface area contributed by atoms with E-state index >= 15 is 0 Å². The van der Waals surface area contributed by atoms with Crippen LogP contribution in [0.4, 0.5) is 0 Å². The molecule has 0 amide bonds. The zero-order chi connectivity index (χ0) is 12.1. The first-order valence-corrected chi connectivity index (χ1v) is 4.84. The summed E-state index contributed by atoms with van der Waals surface area (Å²) in [4.78, 5) is 11.3. The molecule has 1 rings (SSSR count). The minimum Gasteiger partial charge on any atom is -0.463 e. The molecule has 0 spiro atoms. The maximum atomic E-state index is 11.3. The molecule has 0 unspecified atom stereocenters. The Morgan fingerprint density at radius 3 is 2.50 bits per heavy atom. The molecule has 7 nitrogen and oxygen atoms in total. The highest BCUT2D eigenvalue weighted by Crippen LogP contribution is 2.10. The lowest BCUT2D eigenvalue weighted by Gasteiger charge is -2.15. The van der Waals surface area contributed by atoms with Crippen LogP contribution in [0, 0.1) is 0 Å². The molecular weight excluding hydrogens is 234 g/mol. The van der Waals surface area contributed by atoms with Crippen molar-refractivity contribution in [1.29, 1.82) is 0 Å². The second-order valence-electron chi connectivity index (χ2n) is 2.83. The monoisotopic (exact) mass is 247 g/mol. The van der Waals surface area contributed by atoms with Crippen molar-refractivity contribution in [3.8, 4) is 0 Å². The highest BCUT2D eigenvalue weighted by molar-refractivity contribution is 7.80. The first-order chi connectivity index (χ1) is 7.63. The molecule has 0 N–H and O–H groups in total. The Bertz CT molecular complexity index is 364. The van der Waals surface area contributed by atoms with Crippen LogP contribution >= 0.6 is 12.6 Å². The maximum absolute atomic E-state index is 11.3. The SMILES string of the molecule is COC(=O)c1nnc(S)n1CC(OC)OC. The Balaban J connectivity index is 2.93. The van der Waals surface area contributed by atoms with E-state index in [0.717, 1.165) is 0 Å². The van der Waals surface area contributed by atoms with Crippen molar-refractivity contribution in [2.45, 2.75) is 18.0 Å². The fraction of sp³-hybridized carbons (Fsp3) is 0.625. The van der Waals surface area contributed by atoms with Gasteiger partial charge >= 0.3 is 5.97 Å². The van der Waals surface area contributed by atoms with Crippen molar-refractivity contribution >= 4 is 18.6 Å². The van der Waals surface area contributed by atoms with E-state index in [1.807, 2.05) is 0 Å². The molecule has 1 heterocycles. The van der Waals surface area contributed by atoms with Gasteiger partial charge in [0, 0.05) is 14.2 Å². The van der Waals surface area contributed by atoms with Crippen molar-refractivity contribution < 1.29 is 19.0 Å². The number of hydrogen-bond acceptors (Lipinski definition) is 7. The summed E-state index contributed by atoms with van der Waals surface area (Å²) >= 11 is 4.07. The lowest BCUT2D eigenvalue weighted by atomic mass is 10.5. The largest absolute Gasteiger partial charge is 0.463 e. The molecule has 0 aliphatic heterocycles. The fourth-order valence-electron chi connectivity index (χ4n) is 1.10. The summed E-state index contributed by atoms with van der Waals surface area (Å²) in [5.41, 5.74) is 0. The lowest BCUT2D eigenvalue weighted by Crippen LogP contribution is -2.24. The van der Waals surface area contributed by atoms with Crippen LogP contribution in [0.25, 0.3) is 0 Å². The number of carbonyl (C=O) groups is 1. The van der Waals surface area contributed by atoms with Crippen LogP contribution in [0.2, 0.25) is 0 Å². The third-order valence-electron chi connectivity index (χ3n) is 1.96. The van der Waals surface area contributed by atoms with Gasteiger partial charge in [0.25, 0.3) is 0 Å². The number of ether oxygens (including phenoxy) is 3. The number of rotatable bonds is 5. The summed E-state index contributed by atoms with van der Waals surface area (Å²) in [6, 6.07) is 0. The first kappa shape index (κ1) is 12.9. The molecule has 0 atom stereocenters. The van der Waals surface area contributed by atoms with Crippen LogP contribution in [-0.4, -0.2) is 48.4 Å². The average Bonchev–Trinajstić information content (AvgIpc) is 2.66. The molecule has 0 radical (unpaired) electrons. The summed E-state index contributed by atoms with van der Waals surface area (Å²) < 4.78 is 16.0. The smallest absolute Gasteiger partial charge is 0.376 e. The molecule has 16 heavy (non-hydrogen) atoms. The third kappa shape index (κ3) is 2.71. The maximum Gasteiger partial charge on any atom is 0.376 e. The minimum absolute atomic E-state index is 0.0617. The molecule has 1 aromatic heterocycles. The van der Waals surface area contributed by atoms with E-state index in [0.29, 0.717) is 5.16 Å². The Labute approximate surface area is 98.1 Å². The zero-order valence-corrected chi connectivity index (χ0v) is 10.1. The quantitative estimate of drug-likeness (QED) is 0.447. The Hall–Kier alpha value is -1.12. The predicted molar refractivity (Wildman–Crippen MR) is 56.4 cm³/mol. The van der Waals surface area contributed by atoms with E-state index in [9.17, 15) is 4.79 Å². The van der Waals surface area contributed by atoms with Crippen LogP contribution in [0.1, 0.15) is 10.6 Å². The van der Waals surface area contributed by atoms with Gasteiger partial charge in [0.2, 0.25) is 5.82 Å². The van der Waals surface area contributed by atoms with Gasteiger partial charge in [0.1, 0.15) is 0 Å². The normalized spacial score (nSPS) is 10.8. The molecule has 0 saturated carbocycles. The number of nitrogens with zero attached hydrogens (tertiary/aromatic N) is 3. The zero-order valence-electron chi connectivity index (χ0n) is 9.21. The number of thiol groups is 1. The molecule has 0 aliphatic carbocycles. The van der Waals surface area contributed by atoms with Gasteiger partial charge in [-0.1, -0.05) is 0 Å². The summed E-state index contributed by atoms with van der Waals surface area (Å²) in [6.45, 7) is 0.253.